The van der Waals surface area contributed by atoms with Crippen molar-refractivity contribution in [2.24, 2.45) is 5.92 Å². The molecule has 1 saturated heterocycles. The Morgan fingerprint density at radius 2 is 1.79 bits per heavy atom. The van der Waals surface area contributed by atoms with Crippen LogP contribution in [-0.2, 0) is 0 Å². The van der Waals surface area contributed by atoms with Crippen LogP contribution in [0.15, 0.2) is 0 Å². The summed E-state index contributed by atoms with van der Waals surface area (Å²) in [5.41, 5.74) is 0. The van der Waals surface area contributed by atoms with Crippen molar-refractivity contribution in [2.75, 3.05) is 26.2 Å². The van der Waals surface area contributed by atoms with Gasteiger partial charge in [-0.25, -0.2) is 0 Å². The molecule has 14 heavy (non-hydrogen) atoms. The first-order valence-corrected chi connectivity index (χ1v) is 6.04. The van der Waals surface area contributed by atoms with E-state index >= 15 is 0 Å². The largest absolute Gasteiger partial charge is 0.298 e. The molecule has 1 fully saturated rings. The monoisotopic (exact) mass is 198 g/mol. The molecule has 84 valence electrons. The molecule has 1 aliphatic rings. The van der Waals surface area contributed by atoms with Gasteiger partial charge < -0.3 is 0 Å². The molecule has 0 aromatic heterocycles. The van der Waals surface area contributed by atoms with Crippen molar-refractivity contribution in [1.29, 1.82) is 0 Å². The fourth-order valence-electron chi connectivity index (χ4n) is 2.36. The van der Waals surface area contributed by atoms with E-state index in [0.29, 0.717) is 6.04 Å². The van der Waals surface area contributed by atoms with Crippen LogP contribution in [0.1, 0.15) is 34.6 Å². The van der Waals surface area contributed by atoms with E-state index in [1.165, 1.54) is 26.2 Å². The molecular formula is C12H26N2. The predicted octanol–water partition coefficient (Wildman–Crippen LogP) is 2.06. The maximum absolute atomic E-state index is 2.63. The average molecular weight is 198 g/mol. The maximum Gasteiger partial charge on any atom is 0.0246 e. The first-order valence-electron chi connectivity index (χ1n) is 6.04. The van der Waals surface area contributed by atoms with Gasteiger partial charge in [0.2, 0.25) is 0 Å². The second kappa shape index (κ2) is 5.13. The Balaban J connectivity index is 2.57. The number of hydrogen-bond acceptors (Lipinski definition) is 2. The Morgan fingerprint density at radius 3 is 2.21 bits per heavy atom. The summed E-state index contributed by atoms with van der Waals surface area (Å²) in [7, 11) is 0. The highest BCUT2D eigenvalue weighted by atomic mass is 15.3. The minimum Gasteiger partial charge on any atom is -0.298 e. The molecule has 2 heteroatoms. The first-order chi connectivity index (χ1) is 6.56. The summed E-state index contributed by atoms with van der Waals surface area (Å²) in [5.74, 6) is 0.775. The van der Waals surface area contributed by atoms with Gasteiger partial charge in [0, 0.05) is 31.7 Å². The van der Waals surface area contributed by atoms with Crippen LogP contribution in [0.25, 0.3) is 0 Å². The Bertz CT molecular complexity index is 166. The summed E-state index contributed by atoms with van der Waals surface area (Å²) in [4.78, 5) is 5.24. The smallest absolute Gasteiger partial charge is 0.0246 e. The predicted molar refractivity (Wildman–Crippen MR) is 62.6 cm³/mol. The molecule has 0 bridgehead atoms. The van der Waals surface area contributed by atoms with Gasteiger partial charge in [-0.3, -0.25) is 9.80 Å². The van der Waals surface area contributed by atoms with E-state index in [1.54, 1.807) is 0 Å². The molecule has 2 nitrogen and oxygen atoms in total. The van der Waals surface area contributed by atoms with E-state index in [0.717, 1.165) is 12.0 Å². The van der Waals surface area contributed by atoms with E-state index < -0.39 is 0 Å². The molecule has 0 radical (unpaired) electrons. The number of piperazine rings is 1. The van der Waals surface area contributed by atoms with Gasteiger partial charge in [-0.1, -0.05) is 20.8 Å². The fraction of sp³-hybridized carbons (Fsp3) is 1.00. The van der Waals surface area contributed by atoms with Gasteiger partial charge >= 0.3 is 0 Å². The van der Waals surface area contributed by atoms with Gasteiger partial charge in [0.05, 0.1) is 0 Å². The molecule has 0 saturated carbocycles. The van der Waals surface area contributed by atoms with Crippen molar-refractivity contribution >= 4 is 0 Å². The van der Waals surface area contributed by atoms with Crippen molar-refractivity contribution < 1.29 is 0 Å². The lowest BCUT2D eigenvalue weighted by Gasteiger charge is -2.44. The van der Waals surface area contributed by atoms with Crippen LogP contribution in [0.4, 0.5) is 0 Å². The number of nitrogens with zero attached hydrogens (tertiary/aromatic N) is 2. The highest BCUT2D eigenvalue weighted by Gasteiger charge is 2.28. The summed E-state index contributed by atoms with van der Waals surface area (Å²) < 4.78 is 0. The molecule has 0 N–H and O–H groups in total. The lowest BCUT2D eigenvalue weighted by Crippen LogP contribution is -2.56. The summed E-state index contributed by atoms with van der Waals surface area (Å²) in [6.07, 6.45) is 0. The van der Waals surface area contributed by atoms with Crippen molar-refractivity contribution in [3.63, 3.8) is 0 Å². The van der Waals surface area contributed by atoms with Crippen LogP contribution >= 0.6 is 0 Å². The second-order valence-corrected chi connectivity index (χ2v) is 5.03. The van der Waals surface area contributed by atoms with Gasteiger partial charge in [0.15, 0.2) is 0 Å². The Kier molecular flexibility index (Phi) is 4.39. The summed E-state index contributed by atoms with van der Waals surface area (Å²) >= 11 is 0. The van der Waals surface area contributed by atoms with E-state index in [2.05, 4.69) is 44.4 Å². The third-order valence-electron chi connectivity index (χ3n) is 3.47. The number of rotatable bonds is 3. The molecule has 0 spiro atoms. The van der Waals surface area contributed by atoms with Gasteiger partial charge in [-0.05, 0) is 26.3 Å². The molecule has 0 unspecified atom stereocenters. The molecule has 1 atom stereocenters. The summed E-state index contributed by atoms with van der Waals surface area (Å²) in [6.45, 7) is 16.5. The zero-order valence-electron chi connectivity index (χ0n) is 10.5. The normalized spacial score (nSPS) is 26.4. The van der Waals surface area contributed by atoms with Crippen LogP contribution in [0.2, 0.25) is 0 Å². The molecule has 0 amide bonds. The van der Waals surface area contributed by atoms with Crippen LogP contribution < -0.4 is 0 Å². The molecule has 1 heterocycles. The van der Waals surface area contributed by atoms with E-state index in [4.69, 9.17) is 0 Å². The SMILES string of the molecule is CCN1CCN(C(C)C)C[C@H]1C(C)C. The lowest BCUT2D eigenvalue weighted by molar-refractivity contribution is 0.0384. The van der Waals surface area contributed by atoms with Crippen LogP contribution in [-0.4, -0.2) is 48.1 Å². The van der Waals surface area contributed by atoms with Gasteiger partial charge in [-0.2, -0.15) is 0 Å². The van der Waals surface area contributed by atoms with Crippen molar-refractivity contribution in [3.8, 4) is 0 Å². The highest BCUT2D eigenvalue weighted by Crippen LogP contribution is 2.18. The van der Waals surface area contributed by atoms with Gasteiger partial charge in [0.25, 0.3) is 0 Å². The summed E-state index contributed by atoms with van der Waals surface area (Å²) in [6, 6.07) is 1.46. The maximum atomic E-state index is 2.63. The molecule has 0 aliphatic carbocycles. The standard InChI is InChI=1S/C12H26N2/c1-6-13-7-8-14(11(4)5)9-12(13)10(2)3/h10-12H,6-9H2,1-5H3/t12-/m0/s1. The Morgan fingerprint density at radius 1 is 1.14 bits per heavy atom. The second-order valence-electron chi connectivity index (χ2n) is 5.03. The lowest BCUT2D eigenvalue weighted by atomic mass is 9.99. The van der Waals surface area contributed by atoms with E-state index in [1.807, 2.05) is 0 Å². The average Bonchev–Trinajstić information content (AvgIpc) is 2.16. The van der Waals surface area contributed by atoms with Gasteiger partial charge in [-0.15, -0.1) is 0 Å². The van der Waals surface area contributed by atoms with Crippen molar-refractivity contribution in [1.82, 2.24) is 9.80 Å². The topological polar surface area (TPSA) is 6.48 Å². The van der Waals surface area contributed by atoms with Crippen LogP contribution in [0.3, 0.4) is 0 Å². The first kappa shape index (κ1) is 12.0. The zero-order valence-corrected chi connectivity index (χ0v) is 10.5. The minimum atomic E-state index is 0.704. The molecule has 1 rings (SSSR count). The molecule has 0 aromatic rings. The quantitative estimate of drug-likeness (QED) is 0.685. The van der Waals surface area contributed by atoms with Crippen LogP contribution in [0.5, 0.6) is 0 Å². The molecule has 1 aliphatic heterocycles. The summed E-state index contributed by atoms with van der Waals surface area (Å²) in [5, 5.41) is 0. The van der Waals surface area contributed by atoms with Crippen molar-refractivity contribution in [3.05, 3.63) is 0 Å². The zero-order chi connectivity index (χ0) is 10.7. The van der Waals surface area contributed by atoms with E-state index in [-0.39, 0.29) is 0 Å². The van der Waals surface area contributed by atoms with Crippen molar-refractivity contribution in [2.45, 2.75) is 46.7 Å². The minimum absolute atomic E-state index is 0.704. The highest BCUT2D eigenvalue weighted by molar-refractivity contribution is 4.84. The van der Waals surface area contributed by atoms with Crippen LogP contribution in [0, 0.1) is 5.92 Å². The third-order valence-corrected chi connectivity index (χ3v) is 3.47. The third kappa shape index (κ3) is 2.71. The fourth-order valence-corrected chi connectivity index (χ4v) is 2.36. The van der Waals surface area contributed by atoms with Gasteiger partial charge in [0.1, 0.15) is 0 Å². The molecule has 0 aromatic carbocycles. The van der Waals surface area contributed by atoms with E-state index in [9.17, 15) is 0 Å². The Hall–Kier alpha value is -0.0800. The molecular weight excluding hydrogens is 172 g/mol. The Labute approximate surface area is 89.3 Å². The number of hydrogen-bond donors (Lipinski definition) is 0. The number of likely N-dealkylation sites (N-methyl/N-ethyl adjacent to an activating group) is 1.